The molecule has 0 spiro atoms. The van der Waals surface area contributed by atoms with E-state index in [1.807, 2.05) is 6.07 Å². The van der Waals surface area contributed by atoms with Gasteiger partial charge in [0.2, 0.25) is 0 Å². The van der Waals surface area contributed by atoms with Crippen LogP contribution in [0, 0.1) is 17.1 Å². The second-order valence-electron chi connectivity index (χ2n) is 5.11. The van der Waals surface area contributed by atoms with E-state index in [2.05, 4.69) is 0 Å². The Labute approximate surface area is 116 Å². The second kappa shape index (κ2) is 6.03. The molecule has 1 aromatic rings. The van der Waals surface area contributed by atoms with Crippen molar-refractivity contribution in [2.75, 3.05) is 0 Å². The number of hydrogen-bond acceptors (Lipinski definition) is 3. The van der Waals surface area contributed by atoms with E-state index < -0.39 is 23.3 Å². The SMILES string of the molecule is CC(C)(C)OC(=O)CC(C#N)c1c(F)cccc1Cl. The highest BCUT2D eigenvalue weighted by atomic mass is 35.5. The van der Waals surface area contributed by atoms with E-state index in [-0.39, 0.29) is 17.0 Å². The predicted molar refractivity (Wildman–Crippen MR) is 70.2 cm³/mol. The number of carbonyl (C=O) groups is 1. The molecule has 0 amide bonds. The molecule has 0 radical (unpaired) electrons. The molecule has 0 aliphatic heterocycles. The van der Waals surface area contributed by atoms with E-state index in [1.165, 1.54) is 18.2 Å². The van der Waals surface area contributed by atoms with Gasteiger partial charge in [-0.25, -0.2) is 4.39 Å². The average molecular weight is 284 g/mol. The lowest BCUT2D eigenvalue weighted by Gasteiger charge is -2.20. The van der Waals surface area contributed by atoms with E-state index in [4.69, 9.17) is 21.6 Å². The van der Waals surface area contributed by atoms with Gasteiger partial charge in [0, 0.05) is 10.6 Å². The van der Waals surface area contributed by atoms with Crippen molar-refractivity contribution >= 4 is 17.6 Å². The Hall–Kier alpha value is -1.60. The number of ether oxygens (including phenoxy) is 1. The lowest BCUT2D eigenvalue weighted by molar-refractivity contribution is -0.155. The zero-order valence-corrected chi connectivity index (χ0v) is 11.8. The largest absolute Gasteiger partial charge is 0.460 e. The Morgan fingerprint density at radius 2 is 2.16 bits per heavy atom. The van der Waals surface area contributed by atoms with Crippen molar-refractivity contribution in [3.8, 4) is 6.07 Å². The first-order chi connectivity index (χ1) is 8.74. The van der Waals surface area contributed by atoms with E-state index >= 15 is 0 Å². The molecule has 0 aliphatic carbocycles. The number of hydrogen-bond donors (Lipinski definition) is 0. The number of nitriles is 1. The smallest absolute Gasteiger partial charge is 0.307 e. The summed E-state index contributed by atoms with van der Waals surface area (Å²) in [4.78, 5) is 11.7. The Bertz CT molecular complexity index is 497. The van der Waals surface area contributed by atoms with E-state index in [1.54, 1.807) is 20.8 Å². The minimum Gasteiger partial charge on any atom is -0.460 e. The fourth-order valence-corrected chi connectivity index (χ4v) is 1.90. The standard InChI is InChI=1S/C14H15ClFNO2/c1-14(2,3)19-12(18)7-9(8-17)13-10(15)5-4-6-11(13)16/h4-6,9H,7H2,1-3H3. The van der Waals surface area contributed by atoms with Gasteiger partial charge in [-0.3, -0.25) is 4.79 Å². The molecule has 102 valence electrons. The maximum atomic E-state index is 13.7. The number of halogens is 2. The lowest BCUT2D eigenvalue weighted by atomic mass is 9.96. The van der Waals surface area contributed by atoms with Gasteiger partial charge in [-0.1, -0.05) is 17.7 Å². The van der Waals surface area contributed by atoms with Crippen LogP contribution in [0.4, 0.5) is 4.39 Å². The third kappa shape index (κ3) is 4.53. The molecule has 0 aliphatic rings. The summed E-state index contributed by atoms with van der Waals surface area (Å²) in [7, 11) is 0. The maximum Gasteiger partial charge on any atom is 0.307 e. The molecule has 5 heteroatoms. The van der Waals surface area contributed by atoms with Crippen LogP contribution in [-0.4, -0.2) is 11.6 Å². The summed E-state index contributed by atoms with van der Waals surface area (Å²) in [5, 5.41) is 9.23. The minimum atomic E-state index is -0.955. The molecule has 1 aromatic carbocycles. The molecular weight excluding hydrogens is 269 g/mol. The Morgan fingerprint density at radius 1 is 1.53 bits per heavy atom. The number of rotatable bonds is 3. The Balaban J connectivity index is 2.92. The van der Waals surface area contributed by atoms with Gasteiger partial charge in [-0.15, -0.1) is 0 Å². The van der Waals surface area contributed by atoms with E-state index in [0.29, 0.717) is 0 Å². The topological polar surface area (TPSA) is 50.1 Å². The van der Waals surface area contributed by atoms with Crippen LogP contribution in [0.2, 0.25) is 5.02 Å². The van der Waals surface area contributed by atoms with Gasteiger partial charge in [0.1, 0.15) is 11.4 Å². The highest BCUT2D eigenvalue weighted by Crippen LogP contribution is 2.30. The molecule has 19 heavy (non-hydrogen) atoms. The molecule has 0 saturated heterocycles. The van der Waals surface area contributed by atoms with Gasteiger partial charge in [0.15, 0.2) is 0 Å². The molecule has 1 unspecified atom stereocenters. The van der Waals surface area contributed by atoms with Crippen molar-refractivity contribution in [3.05, 3.63) is 34.6 Å². The first-order valence-electron chi connectivity index (χ1n) is 5.80. The van der Waals surface area contributed by atoms with Crippen LogP contribution in [0.3, 0.4) is 0 Å². The summed E-state index contributed by atoms with van der Waals surface area (Å²) in [6, 6.07) is 6.03. The maximum absolute atomic E-state index is 13.7. The van der Waals surface area contributed by atoms with Crippen LogP contribution in [0.25, 0.3) is 0 Å². The average Bonchev–Trinajstić information content (AvgIpc) is 2.24. The van der Waals surface area contributed by atoms with Gasteiger partial charge >= 0.3 is 5.97 Å². The first-order valence-corrected chi connectivity index (χ1v) is 6.18. The van der Waals surface area contributed by atoms with Gasteiger partial charge in [0.05, 0.1) is 18.4 Å². The molecule has 0 saturated carbocycles. The quantitative estimate of drug-likeness (QED) is 0.793. The zero-order chi connectivity index (χ0) is 14.6. The summed E-state index contributed by atoms with van der Waals surface area (Å²) >= 11 is 5.88. The van der Waals surface area contributed by atoms with Crippen molar-refractivity contribution in [1.29, 1.82) is 5.26 Å². The van der Waals surface area contributed by atoms with Crippen LogP contribution in [-0.2, 0) is 9.53 Å². The normalized spacial score (nSPS) is 12.6. The highest BCUT2D eigenvalue weighted by molar-refractivity contribution is 6.31. The van der Waals surface area contributed by atoms with Crippen LogP contribution in [0.5, 0.6) is 0 Å². The van der Waals surface area contributed by atoms with Crippen molar-refractivity contribution < 1.29 is 13.9 Å². The number of esters is 1. The van der Waals surface area contributed by atoms with Crippen LogP contribution in [0.1, 0.15) is 38.7 Å². The number of carbonyl (C=O) groups excluding carboxylic acids is 1. The van der Waals surface area contributed by atoms with E-state index in [9.17, 15) is 9.18 Å². The first kappa shape index (κ1) is 15.5. The van der Waals surface area contributed by atoms with Crippen molar-refractivity contribution in [1.82, 2.24) is 0 Å². The minimum absolute atomic E-state index is 0.0394. The summed E-state index contributed by atoms with van der Waals surface area (Å²) in [6.45, 7) is 5.17. The molecule has 0 fully saturated rings. The second-order valence-corrected chi connectivity index (χ2v) is 5.51. The molecule has 0 bridgehead atoms. The van der Waals surface area contributed by atoms with Crippen molar-refractivity contribution in [2.45, 2.75) is 38.7 Å². The number of benzene rings is 1. The Kier molecular flexibility index (Phi) is 4.90. The fraction of sp³-hybridized carbons (Fsp3) is 0.429. The van der Waals surface area contributed by atoms with Crippen molar-refractivity contribution in [2.24, 2.45) is 0 Å². The predicted octanol–water partition coefficient (Wildman–Crippen LogP) is 3.82. The molecule has 1 rings (SSSR count). The molecule has 0 N–H and O–H groups in total. The van der Waals surface area contributed by atoms with Crippen LogP contribution >= 0.6 is 11.6 Å². The van der Waals surface area contributed by atoms with Crippen molar-refractivity contribution in [3.63, 3.8) is 0 Å². The lowest BCUT2D eigenvalue weighted by Crippen LogP contribution is -2.25. The van der Waals surface area contributed by atoms with Crippen LogP contribution < -0.4 is 0 Å². The Morgan fingerprint density at radius 3 is 2.63 bits per heavy atom. The summed E-state index contributed by atoms with van der Waals surface area (Å²) in [5.41, 5.74) is -0.603. The third-order valence-corrected chi connectivity index (χ3v) is 2.62. The van der Waals surface area contributed by atoms with Crippen LogP contribution in [0.15, 0.2) is 18.2 Å². The molecule has 0 aromatic heterocycles. The highest BCUT2D eigenvalue weighted by Gasteiger charge is 2.25. The summed E-state index contributed by atoms with van der Waals surface area (Å²) in [5.74, 6) is -2.11. The van der Waals surface area contributed by atoms with Gasteiger partial charge < -0.3 is 4.74 Å². The zero-order valence-electron chi connectivity index (χ0n) is 11.0. The molecule has 0 heterocycles. The summed E-state index contributed by atoms with van der Waals surface area (Å²) < 4.78 is 18.8. The van der Waals surface area contributed by atoms with E-state index in [0.717, 1.165) is 0 Å². The third-order valence-electron chi connectivity index (χ3n) is 2.29. The fourth-order valence-electron chi connectivity index (χ4n) is 1.61. The number of nitrogens with zero attached hydrogens (tertiary/aromatic N) is 1. The monoisotopic (exact) mass is 283 g/mol. The van der Waals surface area contributed by atoms with Gasteiger partial charge in [0.25, 0.3) is 0 Å². The summed E-state index contributed by atoms with van der Waals surface area (Å²) in [6.07, 6.45) is -0.228. The molecule has 1 atom stereocenters. The van der Waals surface area contributed by atoms with Gasteiger partial charge in [-0.2, -0.15) is 5.26 Å². The molecule has 3 nitrogen and oxygen atoms in total. The van der Waals surface area contributed by atoms with Gasteiger partial charge in [-0.05, 0) is 32.9 Å². The molecular formula is C14H15ClFNO2.